The maximum atomic E-state index is 11.3. The van der Waals surface area contributed by atoms with Crippen LogP contribution >= 0.6 is 11.8 Å². The number of ether oxygens (including phenoxy) is 1. The van der Waals surface area contributed by atoms with Gasteiger partial charge in [-0.05, 0) is 0 Å². The summed E-state index contributed by atoms with van der Waals surface area (Å²) in [7, 11) is 0. The first-order valence-corrected chi connectivity index (χ1v) is 5.53. The first-order chi connectivity index (χ1) is 7.69. The van der Waals surface area contributed by atoms with Crippen molar-refractivity contribution in [1.29, 1.82) is 0 Å². The van der Waals surface area contributed by atoms with Crippen LogP contribution in [0.4, 0.5) is 5.82 Å². The molecule has 8 heteroatoms. The van der Waals surface area contributed by atoms with Crippen molar-refractivity contribution >= 4 is 17.6 Å². The lowest BCUT2D eigenvalue weighted by Crippen LogP contribution is -2.33. The van der Waals surface area contributed by atoms with Crippen molar-refractivity contribution in [2.24, 2.45) is 0 Å². The average molecular weight is 245 g/mol. The number of nitrogens with two attached hydrogens (primary N) is 1. The van der Waals surface area contributed by atoms with Crippen LogP contribution < -0.4 is 16.3 Å². The fraction of sp³-hybridized carbons (Fsp3) is 0.500. The molecule has 1 aromatic rings. The second-order valence-electron chi connectivity index (χ2n) is 3.08. The van der Waals surface area contributed by atoms with E-state index in [2.05, 4.69) is 4.98 Å². The van der Waals surface area contributed by atoms with Gasteiger partial charge in [-0.15, -0.1) is 4.73 Å². The number of nitrogen functional groups attached to an aromatic ring is 1. The third-order valence-corrected chi connectivity index (χ3v) is 3.01. The zero-order chi connectivity index (χ0) is 11.5. The SMILES string of the molecule is Nc1ccn(O[C@H]2CO[C@@H](CO)S2)c(=O)n1. The molecule has 0 saturated carbocycles. The Hall–Kier alpha value is -1.25. The third kappa shape index (κ3) is 2.46. The first kappa shape index (κ1) is 11.2. The van der Waals surface area contributed by atoms with Crippen molar-refractivity contribution in [3.8, 4) is 0 Å². The molecule has 0 aliphatic carbocycles. The summed E-state index contributed by atoms with van der Waals surface area (Å²) in [6.07, 6.45) is 1.40. The normalized spacial score (nSPS) is 24.6. The lowest BCUT2D eigenvalue weighted by atomic mass is 10.6. The van der Waals surface area contributed by atoms with Crippen LogP contribution in [0.5, 0.6) is 0 Å². The molecular formula is C8H11N3O4S. The second kappa shape index (κ2) is 4.73. The minimum absolute atomic E-state index is 0.0839. The van der Waals surface area contributed by atoms with E-state index >= 15 is 0 Å². The Morgan fingerprint density at radius 1 is 1.81 bits per heavy atom. The molecule has 1 aromatic heterocycles. The summed E-state index contributed by atoms with van der Waals surface area (Å²) in [6, 6.07) is 1.46. The Balaban J connectivity index is 2.02. The molecule has 0 spiro atoms. The summed E-state index contributed by atoms with van der Waals surface area (Å²) in [4.78, 5) is 20.1. The molecule has 2 rings (SSSR count). The third-order valence-electron chi connectivity index (χ3n) is 1.90. The smallest absolute Gasteiger partial charge is 0.382 e. The molecule has 2 heterocycles. The topological polar surface area (TPSA) is 99.6 Å². The fourth-order valence-electron chi connectivity index (χ4n) is 1.20. The molecule has 1 fully saturated rings. The maximum Gasteiger partial charge on any atom is 0.382 e. The molecule has 2 atom stereocenters. The molecule has 0 unspecified atom stereocenters. The van der Waals surface area contributed by atoms with Gasteiger partial charge in [0.15, 0.2) is 5.44 Å². The number of thioether (sulfide) groups is 1. The molecular weight excluding hydrogens is 234 g/mol. The predicted octanol–water partition coefficient (Wildman–Crippen LogP) is -1.34. The van der Waals surface area contributed by atoms with Crippen LogP contribution in [-0.2, 0) is 4.74 Å². The van der Waals surface area contributed by atoms with Crippen LogP contribution in [0.25, 0.3) is 0 Å². The lowest BCUT2D eigenvalue weighted by Gasteiger charge is -2.11. The van der Waals surface area contributed by atoms with Crippen LogP contribution in [0, 0.1) is 0 Å². The summed E-state index contributed by atoms with van der Waals surface area (Å²) >= 11 is 1.31. The van der Waals surface area contributed by atoms with Crippen molar-refractivity contribution < 1.29 is 14.7 Å². The van der Waals surface area contributed by atoms with Gasteiger partial charge in [0.25, 0.3) is 0 Å². The summed E-state index contributed by atoms with van der Waals surface area (Å²) in [5.41, 5.74) is 4.12. The molecule has 1 aliphatic rings. The Morgan fingerprint density at radius 3 is 3.25 bits per heavy atom. The van der Waals surface area contributed by atoms with Gasteiger partial charge < -0.3 is 20.4 Å². The zero-order valence-electron chi connectivity index (χ0n) is 8.28. The highest BCUT2D eigenvalue weighted by molar-refractivity contribution is 8.00. The van der Waals surface area contributed by atoms with Crippen molar-refractivity contribution in [3.63, 3.8) is 0 Å². The van der Waals surface area contributed by atoms with E-state index < -0.39 is 5.69 Å². The van der Waals surface area contributed by atoms with Crippen molar-refractivity contribution in [1.82, 2.24) is 9.71 Å². The number of hydrogen-bond donors (Lipinski definition) is 2. The highest BCUT2D eigenvalue weighted by atomic mass is 32.2. The van der Waals surface area contributed by atoms with Gasteiger partial charge >= 0.3 is 5.69 Å². The number of hydrogen-bond acceptors (Lipinski definition) is 7. The van der Waals surface area contributed by atoms with Gasteiger partial charge in [-0.3, -0.25) is 0 Å². The van der Waals surface area contributed by atoms with Crippen LogP contribution in [-0.4, -0.2) is 38.9 Å². The Morgan fingerprint density at radius 2 is 2.62 bits per heavy atom. The molecule has 0 amide bonds. The number of anilines is 1. The largest absolute Gasteiger partial charge is 0.393 e. The molecule has 7 nitrogen and oxygen atoms in total. The van der Waals surface area contributed by atoms with Gasteiger partial charge in [-0.2, -0.15) is 4.98 Å². The van der Waals surface area contributed by atoms with E-state index in [4.69, 9.17) is 20.4 Å². The highest BCUT2D eigenvalue weighted by Crippen LogP contribution is 2.25. The quantitative estimate of drug-likeness (QED) is 0.680. The standard InChI is InChI=1S/C8H11N3O4S/c9-5-1-2-11(8(13)10-5)15-7-4-14-6(3-12)16-7/h1-2,6-7,12H,3-4H2,(H2,9,10,13)/t6-,7-/m1/s1. The van der Waals surface area contributed by atoms with Crippen LogP contribution in [0.15, 0.2) is 17.1 Å². The summed E-state index contributed by atoms with van der Waals surface area (Å²) in [5.74, 6) is 0.147. The Bertz CT molecular complexity index is 424. The van der Waals surface area contributed by atoms with E-state index in [9.17, 15) is 4.79 Å². The predicted molar refractivity (Wildman–Crippen MR) is 57.7 cm³/mol. The van der Waals surface area contributed by atoms with Crippen LogP contribution in [0.3, 0.4) is 0 Å². The molecule has 16 heavy (non-hydrogen) atoms. The monoisotopic (exact) mass is 245 g/mol. The Labute approximate surface area is 95.1 Å². The average Bonchev–Trinajstić information content (AvgIpc) is 2.70. The summed E-state index contributed by atoms with van der Waals surface area (Å²) in [5, 5.41) is 8.84. The van der Waals surface area contributed by atoms with E-state index in [-0.39, 0.29) is 23.3 Å². The van der Waals surface area contributed by atoms with Crippen LogP contribution in [0.2, 0.25) is 0 Å². The van der Waals surface area contributed by atoms with Crippen molar-refractivity contribution in [3.05, 3.63) is 22.7 Å². The number of rotatable bonds is 3. The molecule has 3 N–H and O–H groups in total. The second-order valence-corrected chi connectivity index (χ2v) is 4.40. The van der Waals surface area contributed by atoms with Crippen molar-refractivity contribution in [2.45, 2.75) is 10.9 Å². The fourth-order valence-corrected chi connectivity index (χ4v) is 2.08. The number of nitrogens with zero attached hydrogens (tertiary/aromatic N) is 2. The first-order valence-electron chi connectivity index (χ1n) is 4.59. The van der Waals surface area contributed by atoms with Gasteiger partial charge in [0.05, 0.1) is 19.4 Å². The van der Waals surface area contributed by atoms with Gasteiger partial charge in [-0.1, -0.05) is 11.8 Å². The minimum atomic E-state index is -0.576. The molecule has 0 aromatic carbocycles. The zero-order valence-corrected chi connectivity index (χ0v) is 9.09. The molecule has 0 bridgehead atoms. The van der Waals surface area contributed by atoms with E-state index in [0.717, 1.165) is 4.73 Å². The van der Waals surface area contributed by atoms with Crippen LogP contribution in [0.1, 0.15) is 0 Å². The lowest BCUT2D eigenvalue weighted by molar-refractivity contribution is 0.0177. The van der Waals surface area contributed by atoms with Gasteiger partial charge in [0.1, 0.15) is 11.3 Å². The molecule has 1 saturated heterocycles. The summed E-state index contributed by atoms with van der Waals surface area (Å²) < 4.78 is 6.18. The van der Waals surface area contributed by atoms with Gasteiger partial charge in [0, 0.05) is 6.07 Å². The van der Waals surface area contributed by atoms with E-state index in [1.54, 1.807) is 0 Å². The number of aliphatic hydroxyl groups is 1. The maximum absolute atomic E-state index is 11.3. The highest BCUT2D eigenvalue weighted by Gasteiger charge is 2.27. The van der Waals surface area contributed by atoms with Gasteiger partial charge in [-0.25, -0.2) is 4.79 Å². The summed E-state index contributed by atoms with van der Waals surface area (Å²) in [6.45, 7) is 0.228. The number of aromatic nitrogens is 2. The minimum Gasteiger partial charge on any atom is -0.393 e. The van der Waals surface area contributed by atoms with E-state index in [1.165, 1.54) is 24.0 Å². The van der Waals surface area contributed by atoms with Gasteiger partial charge in [0.2, 0.25) is 0 Å². The van der Waals surface area contributed by atoms with Crippen molar-refractivity contribution in [2.75, 3.05) is 18.9 Å². The van der Waals surface area contributed by atoms with E-state index in [0.29, 0.717) is 6.61 Å². The van der Waals surface area contributed by atoms with E-state index in [1.807, 2.05) is 0 Å². The molecule has 88 valence electrons. The molecule has 1 aliphatic heterocycles. The Kier molecular flexibility index (Phi) is 3.32. The number of aliphatic hydroxyl groups excluding tert-OH is 1. The molecule has 0 radical (unpaired) electrons.